The van der Waals surface area contributed by atoms with E-state index in [1.807, 2.05) is 18.2 Å². The summed E-state index contributed by atoms with van der Waals surface area (Å²) in [6.07, 6.45) is 7.39. The van der Waals surface area contributed by atoms with Crippen LogP contribution in [0.3, 0.4) is 0 Å². The molecule has 34 heavy (non-hydrogen) atoms. The Morgan fingerprint density at radius 1 is 1.24 bits per heavy atom. The van der Waals surface area contributed by atoms with Crippen LogP contribution in [-0.4, -0.2) is 16.0 Å². The van der Waals surface area contributed by atoms with Crippen molar-refractivity contribution in [1.82, 2.24) is 9.88 Å². The number of aryl methyl sites for hydroxylation is 3. The molecule has 1 saturated heterocycles. The van der Waals surface area contributed by atoms with E-state index in [-0.39, 0.29) is 11.4 Å². The maximum atomic E-state index is 12.7. The van der Waals surface area contributed by atoms with E-state index in [4.69, 9.17) is 0 Å². The van der Waals surface area contributed by atoms with Crippen LogP contribution in [0.4, 0.5) is 5.69 Å². The molecular formula is C27H28N4OS2. The van der Waals surface area contributed by atoms with E-state index in [0.29, 0.717) is 4.91 Å². The number of nitrogens with one attached hydrogen (secondary N) is 2. The molecule has 1 aliphatic carbocycles. The number of hydrogen-bond acceptors (Lipinski definition) is 5. The van der Waals surface area contributed by atoms with E-state index in [1.54, 1.807) is 11.3 Å². The van der Waals surface area contributed by atoms with Crippen LogP contribution in [-0.2, 0) is 24.1 Å². The monoisotopic (exact) mass is 488 g/mol. The fraction of sp³-hybridized carbons (Fsp3) is 0.333. The van der Waals surface area contributed by atoms with Crippen LogP contribution in [0.15, 0.2) is 35.2 Å². The van der Waals surface area contributed by atoms with Gasteiger partial charge in [-0.1, -0.05) is 30.8 Å². The summed E-state index contributed by atoms with van der Waals surface area (Å²) in [4.78, 5) is 14.7. The van der Waals surface area contributed by atoms with Crippen LogP contribution in [0.25, 0.3) is 11.1 Å². The number of amides is 1. The number of carbonyl (C=O) groups excluding carboxylic acids is 1. The number of nitriles is 1. The molecule has 2 N–H and O–H groups in total. The van der Waals surface area contributed by atoms with Crippen LogP contribution in [0.1, 0.15) is 58.3 Å². The molecule has 1 atom stereocenters. The lowest BCUT2D eigenvalue weighted by Gasteiger charge is -2.12. The molecule has 3 aromatic rings. The summed E-state index contributed by atoms with van der Waals surface area (Å²) < 4.78 is 2.19. The average molecular weight is 489 g/mol. The number of thioether (sulfide) groups is 1. The zero-order valence-corrected chi connectivity index (χ0v) is 21.3. The Hall–Kier alpha value is -2.95. The molecule has 1 aliphatic heterocycles. The molecule has 5 nitrogen and oxygen atoms in total. The molecule has 1 aromatic carbocycles. The number of fused-ring (bicyclic) bond motifs is 1. The Morgan fingerprint density at radius 2 is 2.00 bits per heavy atom. The predicted molar refractivity (Wildman–Crippen MR) is 141 cm³/mol. The smallest absolute Gasteiger partial charge is 0.260 e. The van der Waals surface area contributed by atoms with Gasteiger partial charge in [0.2, 0.25) is 0 Å². The van der Waals surface area contributed by atoms with Crippen LogP contribution < -0.4 is 10.6 Å². The van der Waals surface area contributed by atoms with Crippen molar-refractivity contribution in [2.24, 2.45) is 0 Å². The summed E-state index contributed by atoms with van der Waals surface area (Å²) in [7, 11) is 0. The highest BCUT2D eigenvalue weighted by molar-refractivity contribution is 8.05. The van der Waals surface area contributed by atoms with Crippen molar-refractivity contribution in [3.05, 3.63) is 73.8 Å². The Morgan fingerprint density at radius 3 is 2.74 bits per heavy atom. The second kappa shape index (κ2) is 9.36. The molecule has 0 unspecified atom stereocenters. The second-order valence-electron chi connectivity index (χ2n) is 8.84. The lowest BCUT2D eigenvalue weighted by atomic mass is 9.96. The van der Waals surface area contributed by atoms with Crippen molar-refractivity contribution in [2.45, 2.75) is 58.4 Å². The number of rotatable bonds is 5. The van der Waals surface area contributed by atoms with E-state index >= 15 is 0 Å². The molecule has 3 heterocycles. The zero-order valence-electron chi connectivity index (χ0n) is 19.7. The molecule has 5 rings (SSSR count). The normalized spacial score (nSPS) is 18.6. The van der Waals surface area contributed by atoms with E-state index in [2.05, 4.69) is 60.2 Å². The summed E-state index contributed by atoms with van der Waals surface area (Å²) in [6.45, 7) is 6.28. The zero-order chi connectivity index (χ0) is 23.8. The van der Waals surface area contributed by atoms with Gasteiger partial charge in [-0.2, -0.15) is 5.26 Å². The molecule has 2 aromatic heterocycles. The van der Waals surface area contributed by atoms with Gasteiger partial charge in [0.15, 0.2) is 5.50 Å². The first-order chi connectivity index (χ1) is 16.5. The van der Waals surface area contributed by atoms with Gasteiger partial charge in [0, 0.05) is 22.0 Å². The fourth-order valence-electron chi connectivity index (χ4n) is 4.77. The first-order valence-corrected chi connectivity index (χ1v) is 13.5. The highest BCUT2D eigenvalue weighted by Gasteiger charge is 2.28. The Bertz CT molecular complexity index is 1320. The molecule has 174 valence electrons. The first-order valence-electron chi connectivity index (χ1n) is 11.8. The SMILES string of the molecule is CCc1ccc(N[C@H]2NC(=O)/C(=C/c3cc(C)n(-c4sc5c(c4C#N)CCCC5)c3C)S2)cc1. The third-order valence-electron chi connectivity index (χ3n) is 6.62. The number of thiophene rings is 1. The van der Waals surface area contributed by atoms with E-state index < -0.39 is 0 Å². The van der Waals surface area contributed by atoms with Gasteiger partial charge >= 0.3 is 0 Å². The number of aromatic nitrogens is 1. The topological polar surface area (TPSA) is 69.8 Å². The molecule has 1 amide bonds. The minimum atomic E-state index is -0.205. The van der Waals surface area contributed by atoms with Gasteiger partial charge in [0.25, 0.3) is 5.91 Å². The molecule has 0 radical (unpaired) electrons. The number of carbonyl (C=O) groups is 1. The van der Waals surface area contributed by atoms with Crippen LogP contribution in [0, 0.1) is 25.2 Å². The highest BCUT2D eigenvalue weighted by Crippen LogP contribution is 2.39. The Balaban J connectivity index is 1.41. The summed E-state index contributed by atoms with van der Waals surface area (Å²) in [5.41, 5.74) is 7.28. The molecule has 2 aliphatic rings. The van der Waals surface area contributed by atoms with Gasteiger partial charge in [-0.15, -0.1) is 11.3 Å². The quantitative estimate of drug-likeness (QED) is 0.428. The molecular weight excluding hydrogens is 460 g/mol. The molecule has 1 fully saturated rings. The Labute approximate surface area is 208 Å². The maximum Gasteiger partial charge on any atom is 0.260 e. The average Bonchev–Trinajstić information content (AvgIpc) is 3.46. The van der Waals surface area contributed by atoms with Gasteiger partial charge in [0.1, 0.15) is 11.1 Å². The van der Waals surface area contributed by atoms with E-state index in [0.717, 1.165) is 58.9 Å². The second-order valence-corrected chi connectivity index (χ2v) is 11.1. The van der Waals surface area contributed by atoms with Gasteiger partial charge in [0.05, 0.1) is 10.5 Å². The molecule has 0 spiro atoms. The lowest BCUT2D eigenvalue weighted by molar-refractivity contribution is -0.116. The van der Waals surface area contributed by atoms with Crippen molar-refractivity contribution in [1.29, 1.82) is 5.26 Å². The third-order valence-corrected chi connectivity index (χ3v) is 8.92. The summed E-state index contributed by atoms with van der Waals surface area (Å²) in [5.74, 6) is -0.0678. The number of nitrogens with zero attached hydrogens (tertiary/aromatic N) is 2. The molecule has 0 bridgehead atoms. The lowest BCUT2D eigenvalue weighted by Crippen LogP contribution is -2.30. The van der Waals surface area contributed by atoms with Crippen molar-refractivity contribution < 1.29 is 4.79 Å². The van der Waals surface area contributed by atoms with Crippen LogP contribution in [0.5, 0.6) is 0 Å². The van der Waals surface area contributed by atoms with Crippen molar-refractivity contribution in [3.8, 4) is 11.1 Å². The van der Waals surface area contributed by atoms with Gasteiger partial charge in [-0.3, -0.25) is 4.79 Å². The Kier molecular flexibility index (Phi) is 6.28. The number of anilines is 1. The van der Waals surface area contributed by atoms with E-state index in [1.165, 1.54) is 34.2 Å². The molecule has 7 heteroatoms. The fourth-order valence-corrected chi connectivity index (χ4v) is 7.19. The van der Waals surface area contributed by atoms with Crippen molar-refractivity contribution >= 4 is 40.8 Å². The highest BCUT2D eigenvalue weighted by atomic mass is 32.2. The predicted octanol–water partition coefficient (Wildman–Crippen LogP) is 6.07. The van der Waals surface area contributed by atoms with E-state index in [9.17, 15) is 10.1 Å². The third kappa shape index (κ3) is 4.17. The maximum absolute atomic E-state index is 12.7. The largest absolute Gasteiger partial charge is 0.357 e. The summed E-state index contributed by atoms with van der Waals surface area (Å²) >= 11 is 3.25. The van der Waals surface area contributed by atoms with Gasteiger partial charge in [-0.05, 0) is 86.9 Å². The number of hydrogen-bond donors (Lipinski definition) is 2. The molecule has 0 saturated carbocycles. The van der Waals surface area contributed by atoms with Gasteiger partial charge < -0.3 is 15.2 Å². The van der Waals surface area contributed by atoms with Crippen LogP contribution in [0.2, 0.25) is 0 Å². The van der Waals surface area contributed by atoms with Gasteiger partial charge in [-0.25, -0.2) is 0 Å². The minimum Gasteiger partial charge on any atom is -0.357 e. The van der Waals surface area contributed by atoms with Crippen molar-refractivity contribution in [2.75, 3.05) is 5.32 Å². The first kappa shape index (κ1) is 22.8. The minimum absolute atomic E-state index is 0.0678. The number of benzene rings is 1. The van der Waals surface area contributed by atoms with Crippen molar-refractivity contribution in [3.63, 3.8) is 0 Å². The summed E-state index contributed by atoms with van der Waals surface area (Å²) in [5, 5.41) is 17.4. The summed E-state index contributed by atoms with van der Waals surface area (Å²) in [6, 6.07) is 12.9. The standard InChI is InChI=1S/C27H28N4OS2/c1-4-18-9-11-20(12-10-18)29-27-30-25(32)24(34-27)14-19-13-16(2)31(17(19)3)26-22(15-28)21-7-5-6-8-23(21)33-26/h9-14,27,29H,4-8H2,1-3H3,(H,30,32)/b24-14-/t27-/m0/s1. The van der Waals surface area contributed by atoms with Crippen LogP contribution >= 0.6 is 23.1 Å².